The first-order chi connectivity index (χ1) is 12.8. The van der Waals surface area contributed by atoms with Gasteiger partial charge in [0.05, 0.1) is 0 Å². The molecule has 1 N–H and O–H groups in total. The van der Waals surface area contributed by atoms with Gasteiger partial charge in [0.2, 0.25) is 15.2 Å². The summed E-state index contributed by atoms with van der Waals surface area (Å²) in [4.78, 5) is 11.9. The number of carbonyl (C=O) groups excluding carboxylic acids is 1. The van der Waals surface area contributed by atoms with Crippen LogP contribution in [0.3, 0.4) is 0 Å². The highest BCUT2D eigenvalue weighted by atomic mass is 32.2. The SMILES string of the molecule is CCCCc1nnc(NC(=O)c2ccc(F)c(S(=O)(=O)N(CC)CC)c2)s1. The van der Waals surface area contributed by atoms with Gasteiger partial charge in [0.25, 0.3) is 5.91 Å². The molecule has 0 atom stereocenters. The topological polar surface area (TPSA) is 92.3 Å². The van der Waals surface area contributed by atoms with Gasteiger partial charge in [0.15, 0.2) is 0 Å². The fourth-order valence-corrected chi connectivity index (χ4v) is 4.77. The summed E-state index contributed by atoms with van der Waals surface area (Å²) in [7, 11) is -4.01. The standard InChI is InChI=1S/C17H23FN4O3S2/c1-4-7-8-15-20-21-17(26-15)19-16(23)12-9-10-13(18)14(11-12)27(24,25)22(5-2)6-3/h9-11H,4-8H2,1-3H3,(H,19,21,23). The van der Waals surface area contributed by atoms with Crippen LogP contribution in [0.4, 0.5) is 9.52 Å². The highest BCUT2D eigenvalue weighted by Gasteiger charge is 2.26. The van der Waals surface area contributed by atoms with E-state index in [-0.39, 0.29) is 18.7 Å². The van der Waals surface area contributed by atoms with Crippen LogP contribution in [0.1, 0.15) is 49.0 Å². The molecule has 1 amide bonds. The number of halogens is 1. The predicted octanol–water partition coefficient (Wildman–Crippen LogP) is 3.30. The molecule has 0 bridgehead atoms. The summed E-state index contributed by atoms with van der Waals surface area (Å²) >= 11 is 1.27. The van der Waals surface area contributed by atoms with E-state index in [0.29, 0.717) is 5.13 Å². The van der Waals surface area contributed by atoms with E-state index in [0.717, 1.165) is 40.7 Å². The van der Waals surface area contributed by atoms with Crippen molar-refractivity contribution in [3.05, 3.63) is 34.6 Å². The third kappa shape index (κ3) is 5.08. The summed E-state index contributed by atoms with van der Waals surface area (Å²) in [6.45, 7) is 5.82. The molecule has 0 aliphatic carbocycles. The number of hydrogen-bond acceptors (Lipinski definition) is 6. The molecule has 0 aliphatic rings. The van der Waals surface area contributed by atoms with Gasteiger partial charge in [-0.15, -0.1) is 10.2 Å². The Bertz CT molecular complexity index is 895. The number of aryl methyl sites for hydroxylation is 1. The van der Waals surface area contributed by atoms with E-state index in [4.69, 9.17) is 0 Å². The molecule has 0 radical (unpaired) electrons. The number of nitrogens with one attached hydrogen (secondary N) is 1. The number of hydrogen-bond donors (Lipinski definition) is 1. The van der Waals surface area contributed by atoms with Crippen molar-refractivity contribution in [1.29, 1.82) is 0 Å². The van der Waals surface area contributed by atoms with Crippen LogP contribution < -0.4 is 5.32 Å². The van der Waals surface area contributed by atoms with Gasteiger partial charge >= 0.3 is 0 Å². The van der Waals surface area contributed by atoms with Crippen molar-refractivity contribution < 1.29 is 17.6 Å². The molecular formula is C17H23FN4O3S2. The van der Waals surface area contributed by atoms with Crippen LogP contribution in [0.15, 0.2) is 23.1 Å². The van der Waals surface area contributed by atoms with E-state index in [2.05, 4.69) is 22.4 Å². The highest BCUT2D eigenvalue weighted by molar-refractivity contribution is 7.89. The van der Waals surface area contributed by atoms with Crippen LogP contribution in [0, 0.1) is 5.82 Å². The van der Waals surface area contributed by atoms with Crippen molar-refractivity contribution in [3.8, 4) is 0 Å². The molecule has 0 aliphatic heterocycles. The molecule has 0 saturated carbocycles. The second-order valence-corrected chi connectivity index (χ2v) is 8.76. The summed E-state index contributed by atoms with van der Waals surface area (Å²) in [6, 6.07) is 3.28. The average Bonchev–Trinajstić information content (AvgIpc) is 3.08. The van der Waals surface area contributed by atoms with E-state index in [1.54, 1.807) is 13.8 Å². The van der Waals surface area contributed by atoms with Crippen molar-refractivity contribution in [2.75, 3.05) is 18.4 Å². The Morgan fingerprint density at radius 2 is 1.93 bits per heavy atom. The van der Waals surface area contributed by atoms with Crippen LogP contribution in [0.5, 0.6) is 0 Å². The molecule has 148 valence electrons. The summed E-state index contributed by atoms with van der Waals surface area (Å²) in [5.74, 6) is -1.46. The molecule has 7 nitrogen and oxygen atoms in total. The minimum absolute atomic E-state index is 0.0347. The second-order valence-electron chi connectivity index (χ2n) is 5.79. The van der Waals surface area contributed by atoms with E-state index in [1.165, 1.54) is 17.4 Å². The summed E-state index contributed by atoms with van der Waals surface area (Å²) < 4.78 is 40.5. The maximum Gasteiger partial charge on any atom is 0.257 e. The Balaban J connectivity index is 2.24. The van der Waals surface area contributed by atoms with Crippen molar-refractivity contribution >= 4 is 32.4 Å². The van der Waals surface area contributed by atoms with Gasteiger partial charge in [-0.3, -0.25) is 10.1 Å². The largest absolute Gasteiger partial charge is 0.296 e. The lowest BCUT2D eigenvalue weighted by Crippen LogP contribution is -2.31. The Hall–Kier alpha value is -1.91. The fourth-order valence-electron chi connectivity index (χ4n) is 2.45. The maximum atomic E-state index is 14.2. The van der Waals surface area contributed by atoms with E-state index in [1.807, 2.05) is 0 Å². The Morgan fingerprint density at radius 1 is 1.22 bits per heavy atom. The van der Waals surface area contributed by atoms with Crippen LogP contribution >= 0.6 is 11.3 Å². The number of nitrogens with zero attached hydrogens (tertiary/aromatic N) is 3. The molecule has 0 saturated heterocycles. The first kappa shape index (κ1) is 21.4. The summed E-state index contributed by atoms with van der Waals surface area (Å²) in [6.07, 6.45) is 2.79. The second kappa shape index (κ2) is 9.34. The number of carbonyl (C=O) groups is 1. The molecule has 2 aromatic rings. The Kier molecular flexibility index (Phi) is 7.40. The van der Waals surface area contributed by atoms with Gasteiger partial charge in [0.1, 0.15) is 15.7 Å². The van der Waals surface area contributed by atoms with E-state index in [9.17, 15) is 17.6 Å². The number of unbranched alkanes of at least 4 members (excludes halogenated alkanes) is 1. The van der Waals surface area contributed by atoms with Gasteiger partial charge in [-0.1, -0.05) is 38.5 Å². The zero-order valence-electron chi connectivity index (χ0n) is 15.5. The molecule has 1 aromatic carbocycles. The number of rotatable bonds is 9. The van der Waals surface area contributed by atoms with E-state index < -0.39 is 26.6 Å². The monoisotopic (exact) mass is 414 g/mol. The lowest BCUT2D eigenvalue weighted by Gasteiger charge is -2.19. The lowest BCUT2D eigenvalue weighted by molar-refractivity contribution is 0.102. The first-order valence-electron chi connectivity index (χ1n) is 8.76. The average molecular weight is 415 g/mol. The number of aromatic nitrogens is 2. The third-order valence-corrected chi connectivity index (χ3v) is 6.91. The minimum atomic E-state index is -4.01. The van der Waals surface area contributed by atoms with Crippen LogP contribution in [0.25, 0.3) is 0 Å². The van der Waals surface area contributed by atoms with Gasteiger partial charge in [0, 0.05) is 25.1 Å². The molecule has 0 spiro atoms. The molecule has 0 unspecified atom stereocenters. The normalized spacial score (nSPS) is 11.7. The quantitative estimate of drug-likeness (QED) is 0.680. The lowest BCUT2D eigenvalue weighted by atomic mass is 10.2. The fraction of sp³-hybridized carbons (Fsp3) is 0.471. The molecule has 10 heteroatoms. The van der Waals surface area contributed by atoms with Gasteiger partial charge in [-0.25, -0.2) is 12.8 Å². The zero-order valence-corrected chi connectivity index (χ0v) is 17.2. The molecule has 1 heterocycles. The Morgan fingerprint density at radius 3 is 2.56 bits per heavy atom. The van der Waals surface area contributed by atoms with Gasteiger partial charge in [-0.05, 0) is 24.6 Å². The van der Waals surface area contributed by atoms with E-state index >= 15 is 0 Å². The smallest absolute Gasteiger partial charge is 0.257 e. The summed E-state index contributed by atoms with van der Waals surface area (Å²) in [5, 5.41) is 11.6. The molecule has 0 fully saturated rings. The van der Waals surface area contributed by atoms with Crippen molar-refractivity contribution in [3.63, 3.8) is 0 Å². The Labute approximate surface area is 162 Å². The van der Waals surface area contributed by atoms with Crippen molar-refractivity contribution in [1.82, 2.24) is 14.5 Å². The first-order valence-corrected chi connectivity index (χ1v) is 11.0. The molecular weight excluding hydrogens is 391 g/mol. The summed E-state index contributed by atoms with van der Waals surface area (Å²) in [5.41, 5.74) is 0.0347. The van der Waals surface area contributed by atoms with Crippen molar-refractivity contribution in [2.45, 2.75) is 44.9 Å². The van der Waals surface area contributed by atoms with Crippen molar-refractivity contribution in [2.24, 2.45) is 0 Å². The van der Waals surface area contributed by atoms with Crippen LogP contribution in [0.2, 0.25) is 0 Å². The van der Waals surface area contributed by atoms with Crippen LogP contribution in [-0.2, 0) is 16.4 Å². The third-order valence-electron chi connectivity index (χ3n) is 3.95. The highest BCUT2D eigenvalue weighted by Crippen LogP contribution is 2.22. The minimum Gasteiger partial charge on any atom is -0.296 e. The molecule has 27 heavy (non-hydrogen) atoms. The molecule has 1 aromatic heterocycles. The van der Waals surface area contributed by atoms with Gasteiger partial charge < -0.3 is 0 Å². The maximum absolute atomic E-state index is 14.2. The van der Waals surface area contributed by atoms with Gasteiger partial charge in [-0.2, -0.15) is 4.31 Å². The predicted molar refractivity (Wildman–Crippen MR) is 103 cm³/mol. The number of benzene rings is 1. The number of anilines is 1. The zero-order chi connectivity index (χ0) is 20.0. The number of amides is 1. The number of sulfonamides is 1. The van der Waals surface area contributed by atoms with Crippen LogP contribution in [-0.4, -0.2) is 41.9 Å². The molecule has 2 rings (SSSR count).